The van der Waals surface area contributed by atoms with E-state index in [0.29, 0.717) is 32.2 Å². The molecule has 7 heteroatoms. The first-order valence-corrected chi connectivity index (χ1v) is 12.2. The first kappa shape index (κ1) is 25.8. The molecule has 186 valence electrons. The summed E-state index contributed by atoms with van der Waals surface area (Å²) < 4.78 is 5.68. The van der Waals surface area contributed by atoms with Gasteiger partial charge in [-0.25, -0.2) is 4.79 Å². The van der Waals surface area contributed by atoms with Gasteiger partial charge in [-0.15, -0.1) is 6.58 Å². The highest BCUT2D eigenvalue weighted by Gasteiger charge is 2.57. The van der Waals surface area contributed by atoms with E-state index in [1.807, 2.05) is 56.0 Å². The molecule has 0 radical (unpaired) electrons. The van der Waals surface area contributed by atoms with Crippen LogP contribution in [0.3, 0.4) is 0 Å². The summed E-state index contributed by atoms with van der Waals surface area (Å²) in [5.41, 5.74) is -0.913. The van der Waals surface area contributed by atoms with Crippen molar-refractivity contribution < 1.29 is 19.1 Å². The van der Waals surface area contributed by atoms with Gasteiger partial charge in [-0.1, -0.05) is 36.4 Å². The molecule has 2 aliphatic rings. The normalized spacial score (nSPS) is 26.7. The van der Waals surface area contributed by atoms with E-state index in [4.69, 9.17) is 4.74 Å². The minimum absolute atomic E-state index is 0.173. The van der Waals surface area contributed by atoms with E-state index < -0.39 is 11.1 Å². The van der Waals surface area contributed by atoms with E-state index >= 15 is 0 Å². The maximum atomic E-state index is 13.6. The molecule has 2 unspecified atom stereocenters. The zero-order valence-corrected chi connectivity index (χ0v) is 21.0. The molecule has 3 amide bonds. The van der Waals surface area contributed by atoms with Crippen molar-refractivity contribution in [3.8, 4) is 0 Å². The third kappa shape index (κ3) is 5.62. The van der Waals surface area contributed by atoms with Crippen molar-refractivity contribution in [3.05, 3.63) is 48.6 Å². The standard InChI is InChI=1S/C27H39N3O4/c1-6-11-22-18-26(15-16-27(22,28-20(2)31)23(32)29-25(3,4)5)14-10-17-30(26)24(33)34-19-21-12-8-7-9-13-21/h6-9,12-13,22H,1,10-11,14-19H2,2-5H3,(H,28,31)(H,29,32)/t22?,26?,27-/m1/s1. The van der Waals surface area contributed by atoms with Gasteiger partial charge in [0.1, 0.15) is 12.1 Å². The van der Waals surface area contributed by atoms with Crippen LogP contribution in [0.1, 0.15) is 71.8 Å². The molecule has 1 aliphatic carbocycles. The van der Waals surface area contributed by atoms with Crippen LogP contribution in [0.4, 0.5) is 4.79 Å². The first-order chi connectivity index (χ1) is 16.0. The highest BCUT2D eigenvalue weighted by Crippen LogP contribution is 2.49. The topological polar surface area (TPSA) is 87.7 Å². The molecular formula is C27H39N3O4. The van der Waals surface area contributed by atoms with Crippen LogP contribution in [0.5, 0.6) is 0 Å². The quantitative estimate of drug-likeness (QED) is 0.607. The van der Waals surface area contributed by atoms with E-state index in [9.17, 15) is 14.4 Å². The summed E-state index contributed by atoms with van der Waals surface area (Å²) in [5.74, 6) is -0.597. The van der Waals surface area contributed by atoms with Crippen molar-refractivity contribution in [2.24, 2.45) is 5.92 Å². The predicted molar refractivity (Wildman–Crippen MR) is 132 cm³/mol. The van der Waals surface area contributed by atoms with Crippen molar-refractivity contribution >= 4 is 17.9 Å². The number of hydrogen-bond acceptors (Lipinski definition) is 4. The molecule has 2 N–H and O–H groups in total. The van der Waals surface area contributed by atoms with Crippen LogP contribution in [-0.4, -0.2) is 46.0 Å². The predicted octanol–water partition coefficient (Wildman–Crippen LogP) is 4.32. The molecule has 1 saturated heterocycles. The lowest BCUT2D eigenvalue weighted by molar-refractivity contribution is -0.140. The Morgan fingerprint density at radius 3 is 2.50 bits per heavy atom. The van der Waals surface area contributed by atoms with E-state index in [2.05, 4.69) is 17.2 Å². The molecule has 34 heavy (non-hydrogen) atoms. The Bertz CT molecular complexity index is 910. The van der Waals surface area contributed by atoms with Crippen LogP contribution in [0, 0.1) is 5.92 Å². The van der Waals surface area contributed by atoms with Gasteiger partial charge in [0.05, 0.1) is 0 Å². The van der Waals surface area contributed by atoms with Gasteiger partial charge >= 0.3 is 6.09 Å². The molecule has 2 fully saturated rings. The number of allylic oxidation sites excluding steroid dienone is 1. The molecule has 0 aromatic heterocycles. The SMILES string of the molecule is C=CCC1CC2(CCCN2C(=O)OCc2ccccc2)CC[C@]1(NC(C)=O)C(=O)NC(C)(C)C. The van der Waals surface area contributed by atoms with Crippen molar-refractivity contribution in [1.82, 2.24) is 15.5 Å². The molecule has 1 aromatic rings. The number of nitrogens with one attached hydrogen (secondary N) is 2. The number of nitrogens with zero attached hydrogens (tertiary/aromatic N) is 1. The van der Waals surface area contributed by atoms with E-state index in [-0.39, 0.29) is 36.0 Å². The highest BCUT2D eigenvalue weighted by atomic mass is 16.6. The molecular weight excluding hydrogens is 430 g/mol. The fourth-order valence-electron chi connectivity index (χ4n) is 5.63. The molecule has 3 rings (SSSR count). The molecule has 3 atom stereocenters. The molecule has 0 bridgehead atoms. The number of benzene rings is 1. The van der Waals surface area contributed by atoms with Crippen LogP contribution in [0.25, 0.3) is 0 Å². The van der Waals surface area contributed by atoms with Gasteiger partial charge in [-0.3, -0.25) is 9.59 Å². The minimum atomic E-state index is -1.04. The summed E-state index contributed by atoms with van der Waals surface area (Å²) in [4.78, 5) is 40.8. The second-order valence-corrected chi connectivity index (χ2v) is 10.8. The van der Waals surface area contributed by atoms with Crippen LogP contribution in [-0.2, 0) is 20.9 Å². The third-order valence-corrected chi connectivity index (χ3v) is 7.07. The lowest BCUT2D eigenvalue weighted by Crippen LogP contribution is -2.69. The zero-order valence-electron chi connectivity index (χ0n) is 21.0. The average Bonchev–Trinajstić information content (AvgIpc) is 3.16. The Morgan fingerprint density at radius 1 is 1.18 bits per heavy atom. The minimum Gasteiger partial charge on any atom is -0.445 e. The van der Waals surface area contributed by atoms with Crippen LogP contribution in [0.15, 0.2) is 43.0 Å². The number of likely N-dealkylation sites (tertiary alicyclic amines) is 1. The summed E-state index contributed by atoms with van der Waals surface area (Å²) in [7, 11) is 0. The second kappa shape index (κ2) is 10.2. The average molecular weight is 470 g/mol. The molecule has 1 aromatic carbocycles. The van der Waals surface area contributed by atoms with Crippen LogP contribution < -0.4 is 10.6 Å². The van der Waals surface area contributed by atoms with Crippen molar-refractivity contribution in [1.29, 1.82) is 0 Å². The Hall–Kier alpha value is -2.83. The molecule has 1 saturated carbocycles. The summed E-state index contributed by atoms with van der Waals surface area (Å²) in [6.07, 6.45) is 5.49. The van der Waals surface area contributed by atoms with Gasteiger partial charge in [-0.2, -0.15) is 0 Å². The number of ether oxygens (including phenoxy) is 1. The maximum Gasteiger partial charge on any atom is 0.410 e. The van der Waals surface area contributed by atoms with Gasteiger partial charge < -0.3 is 20.3 Å². The van der Waals surface area contributed by atoms with Crippen molar-refractivity contribution in [2.45, 2.75) is 89.4 Å². The molecule has 1 aliphatic heterocycles. The maximum absolute atomic E-state index is 13.6. The van der Waals surface area contributed by atoms with E-state index in [1.54, 1.807) is 6.08 Å². The van der Waals surface area contributed by atoms with Crippen molar-refractivity contribution in [3.63, 3.8) is 0 Å². The third-order valence-electron chi connectivity index (χ3n) is 7.07. The fourth-order valence-corrected chi connectivity index (χ4v) is 5.63. The van der Waals surface area contributed by atoms with E-state index in [0.717, 1.165) is 18.4 Å². The summed E-state index contributed by atoms with van der Waals surface area (Å²) in [6.45, 7) is 12.0. The van der Waals surface area contributed by atoms with Crippen LogP contribution in [0.2, 0.25) is 0 Å². The number of hydrogen-bond donors (Lipinski definition) is 2. The van der Waals surface area contributed by atoms with E-state index in [1.165, 1.54) is 6.92 Å². The van der Waals surface area contributed by atoms with Gasteiger partial charge in [0, 0.05) is 24.5 Å². The zero-order chi connectivity index (χ0) is 25.0. The van der Waals surface area contributed by atoms with Crippen LogP contribution >= 0.6 is 0 Å². The second-order valence-electron chi connectivity index (χ2n) is 10.8. The number of amides is 3. The molecule has 1 heterocycles. The Kier molecular flexibility index (Phi) is 7.74. The fraction of sp³-hybridized carbons (Fsp3) is 0.593. The smallest absolute Gasteiger partial charge is 0.410 e. The summed E-state index contributed by atoms with van der Waals surface area (Å²) in [5, 5.41) is 6.10. The number of carbonyl (C=O) groups excluding carboxylic acids is 3. The molecule has 1 spiro atoms. The monoisotopic (exact) mass is 469 g/mol. The van der Waals surface area contributed by atoms with Gasteiger partial charge in [0.15, 0.2) is 0 Å². The van der Waals surface area contributed by atoms with Crippen molar-refractivity contribution in [2.75, 3.05) is 6.54 Å². The highest BCUT2D eigenvalue weighted by molar-refractivity contribution is 5.92. The Balaban J connectivity index is 1.84. The lowest BCUT2D eigenvalue weighted by atomic mass is 9.62. The Morgan fingerprint density at radius 2 is 1.88 bits per heavy atom. The summed E-state index contributed by atoms with van der Waals surface area (Å²) in [6, 6.07) is 9.64. The Labute approximate surface area is 203 Å². The first-order valence-electron chi connectivity index (χ1n) is 12.2. The lowest BCUT2D eigenvalue weighted by Gasteiger charge is -2.52. The van der Waals surface area contributed by atoms with Gasteiger partial charge in [0.2, 0.25) is 11.8 Å². The van der Waals surface area contributed by atoms with Gasteiger partial charge in [-0.05, 0) is 70.8 Å². The summed E-state index contributed by atoms with van der Waals surface area (Å²) >= 11 is 0. The molecule has 7 nitrogen and oxygen atoms in total. The number of rotatable bonds is 6. The number of carbonyl (C=O) groups is 3. The van der Waals surface area contributed by atoms with Gasteiger partial charge in [0.25, 0.3) is 0 Å². The largest absolute Gasteiger partial charge is 0.445 e.